The molecule has 17 heteroatoms. The van der Waals surface area contributed by atoms with E-state index in [1.165, 1.54) is 11.8 Å². The highest BCUT2D eigenvalue weighted by Gasteiger charge is 2.54. The molecule has 14 nitrogen and oxygen atoms in total. The van der Waals surface area contributed by atoms with E-state index in [1.54, 1.807) is 24.3 Å². The first-order valence-electron chi connectivity index (χ1n) is 9.92. The third-order valence-corrected chi connectivity index (χ3v) is 8.09. The number of thioether (sulfide) groups is 2. The molecule has 1 saturated heterocycles. The van der Waals surface area contributed by atoms with Crippen LogP contribution in [0.4, 0.5) is 5.69 Å². The van der Waals surface area contributed by atoms with Crippen molar-refractivity contribution in [3.63, 3.8) is 0 Å². The maximum absolute atomic E-state index is 12.8. The summed E-state index contributed by atoms with van der Waals surface area (Å²) >= 11 is 2.26. The second-order valence-corrected chi connectivity index (χ2v) is 11.0. The van der Waals surface area contributed by atoms with Gasteiger partial charge in [0.05, 0.1) is 6.42 Å². The molecule has 1 aromatic heterocycles. The topological polar surface area (TPSA) is 211 Å². The van der Waals surface area contributed by atoms with Crippen LogP contribution in [0.5, 0.6) is 0 Å². The van der Waals surface area contributed by atoms with Gasteiger partial charge in [-0.05, 0) is 27.6 Å². The van der Waals surface area contributed by atoms with E-state index in [0.717, 1.165) is 21.3 Å². The zero-order valence-electron chi connectivity index (χ0n) is 17.8. The Kier molecular flexibility index (Phi) is 7.02. The van der Waals surface area contributed by atoms with Gasteiger partial charge in [-0.25, -0.2) is 9.48 Å². The second-order valence-electron chi connectivity index (χ2n) is 7.55. The van der Waals surface area contributed by atoms with Gasteiger partial charge in [0.2, 0.25) is 11.1 Å². The summed E-state index contributed by atoms with van der Waals surface area (Å²) in [5, 5.41) is 22.4. The highest BCUT2D eigenvalue weighted by atomic mass is 32.2. The van der Waals surface area contributed by atoms with Crippen molar-refractivity contribution in [3.8, 4) is 0 Å². The van der Waals surface area contributed by atoms with Crippen molar-refractivity contribution in [2.45, 2.75) is 28.9 Å². The molecule has 5 N–H and O–H groups in total. The summed E-state index contributed by atoms with van der Waals surface area (Å²) in [5.74, 6) is -2.81. The summed E-state index contributed by atoms with van der Waals surface area (Å²) in [7, 11) is -4.39. The van der Waals surface area contributed by atoms with Crippen molar-refractivity contribution >= 4 is 57.1 Å². The Hall–Kier alpha value is -3.15. The number of hydrogen-bond donors (Lipinski definition) is 4. The lowest BCUT2D eigenvalue weighted by atomic mass is 10.0. The van der Waals surface area contributed by atoms with Gasteiger partial charge in [-0.3, -0.25) is 19.0 Å². The smallest absolute Gasteiger partial charge is 0.352 e. The van der Waals surface area contributed by atoms with Crippen LogP contribution < -0.4 is 11.1 Å². The van der Waals surface area contributed by atoms with Gasteiger partial charge in [0.25, 0.3) is 16.0 Å². The predicted molar refractivity (Wildman–Crippen MR) is 124 cm³/mol. The van der Waals surface area contributed by atoms with Crippen molar-refractivity contribution in [1.82, 2.24) is 30.4 Å². The molecule has 0 saturated carbocycles. The standard InChI is InChI=1S/C18H19N7O7S3/c19-11-4-2-1-3-9(11)5-12(26)20-13-15(27)25-14(17(28)29)10(6-33-16(13)25)7-34-18-21-22-23-24(18)8-35(30,31)32/h1-4,13,16H,5-8,19H2,(H,20,26)(H,28,29)(H,30,31,32)/t13?,16-/m1/s1. The average Bonchev–Trinajstić information content (AvgIpc) is 3.21. The minimum Gasteiger partial charge on any atom is -0.477 e. The zero-order valence-corrected chi connectivity index (χ0v) is 20.2. The molecule has 0 radical (unpaired) electrons. The maximum atomic E-state index is 12.8. The normalized spacial score (nSPS) is 19.8. The number of aromatic nitrogens is 4. The molecule has 1 unspecified atom stereocenters. The van der Waals surface area contributed by atoms with Crippen LogP contribution in [-0.4, -0.2) is 83.9 Å². The van der Waals surface area contributed by atoms with E-state index in [9.17, 15) is 27.9 Å². The number of carbonyl (C=O) groups is 3. The van der Waals surface area contributed by atoms with E-state index in [2.05, 4.69) is 20.8 Å². The van der Waals surface area contributed by atoms with Gasteiger partial charge >= 0.3 is 5.97 Å². The number of carboxylic acids is 1. The average molecular weight is 542 g/mol. The number of benzene rings is 1. The van der Waals surface area contributed by atoms with Gasteiger partial charge in [0, 0.05) is 17.2 Å². The van der Waals surface area contributed by atoms with E-state index in [-0.39, 0.29) is 28.8 Å². The van der Waals surface area contributed by atoms with Crippen molar-refractivity contribution in [1.29, 1.82) is 0 Å². The van der Waals surface area contributed by atoms with Crippen molar-refractivity contribution in [2.24, 2.45) is 0 Å². The Morgan fingerprint density at radius 2 is 2.06 bits per heavy atom. The van der Waals surface area contributed by atoms with E-state index in [4.69, 9.17) is 10.3 Å². The summed E-state index contributed by atoms with van der Waals surface area (Å²) in [6.45, 7) is 0. The van der Waals surface area contributed by atoms with E-state index in [1.807, 2.05) is 0 Å². The summed E-state index contributed by atoms with van der Waals surface area (Å²) in [6, 6.07) is 5.99. The number of rotatable bonds is 9. The van der Waals surface area contributed by atoms with Crippen LogP contribution in [0.2, 0.25) is 0 Å². The molecule has 186 valence electrons. The molecule has 35 heavy (non-hydrogen) atoms. The molecular formula is C18H19N7O7S3. The number of carboxylic acid groups (broad SMARTS) is 1. The fraction of sp³-hybridized carbons (Fsp3) is 0.333. The molecule has 0 spiro atoms. The van der Waals surface area contributed by atoms with Crippen molar-refractivity contribution in [3.05, 3.63) is 41.1 Å². The van der Waals surface area contributed by atoms with Gasteiger partial charge in [-0.1, -0.05) is 30.0 Å². The SMILES string of the molecule is Nc1ccccc1CC(=O)NC1C(=O)N2C(C(=O)O)=C(CSc3nnnn3CS(=O)(=O)O)CS[C@H]12. The number of nitrogens with two attached hydrogens (primary N) is 1. The van der Waals surface area contributed by atoms with Crippen LogP contribution in [0.25, 0.3) is 0 Å². The van der Waals surface area contributed by atoms with Crippen LogP contribution in [0.1, 0.15) is 5.56 Å². The molecule has 2 aromatic rings. The van der Waals surface area contributed by atoms with E-state index < -0.39 is 45.2 Å². The first-order chi connectivity index (χ1) is 16.5. The molecule has 4 rings (SSSR count). The number of nitrogens with zero attached hydrogens (tertiary/aromatic N) is 5. The number of aliphatic carboxylic acids is 1. The number of nitrogen functional groups attached to an aromatic ring is 1. The Balaban J connectivity index is 1.44. The summed E-state index contributed by atoms with van der Waals surface area (Å²) in [4.78, 5) is 38.4. The Morgan fingerprint density at radius 1 is 1.31 bits per heavy atom. The number of amides is 2. The van der Waals surface area contributed by atoms with Crippen LogP contribution in [0.15, 0.2) is 40.7 Å². The fourth-order valence-electron chi connectivity index (χ4n) is 3.57. The number of para-hydroxylation sites is 1. The van der Waals surface area contributed by atoms with E-state index in [0.29, 0.717) is 16.8 Å². The molecule has 1 aromatic carbocycles. The number of anilines is 1. The molecule has 3 heterocycles. The highest BCUT2D eigenvalue weighted by molar-refractivity contribution is 8.01. The lowest BCUT2D eigenvalue weighted by Gasteiger charge is -2.49. The summed E-state index contributed by atoms with van der Waals surface area (Å²) < 4.78 is 32.1. The molecule has 1 fully saturated rings. The number of nitrogens with one attached hydrogen (secondary N) is 1. The minimum atomic E-state index is -4.39. The zero-order chi connectivity index (χ0) is 25.3. The lowest BCUT2D eigenvalue weighted by Crippen LogP contribution is -2.70. The number of carbonyl (C=O) groups excluding carboxylic acids is 2. The van der Waals surface area contributed by atoms with Gasteiger partial charge in [0.1, 0.15) is 17.1 Å². The number of tetrazole rings is 1. The molecule has 2 atom stereocenters. The third-order valence-electron chi connectivity index (χ3n) is 5.13. The second kappa shape index (κ2) is 9.84. The maximum Gasteiger partial charge on any atom is 0.352 e. The van der Waals surface area contributed by atoms with Gasteiger partial charge in [-0.15, -0.1) is 16.9 Å². The Bertz CT molecular complexity index is 1330. The number of β-lactam (4-membered cyclic amide) rings is 1. The summed E-state index contributed by atoms with van der Waals surface area (Å²) in [5.41, 5.74) is 7.14. The minimum absolute atomic E-state index is 0.0182. The molecule has 0 bridgehead atoms. The first-order valence-corrected chi connectivity index (χ1v) is 13.6. The van der Waals surface area contributed by atoms with E-state index >= 15 is 0 Å². The number of fused-ring (bicyclic) bond motifs is 1. The first kappa shape index (κ1) is 25.0. The lowest BCUT2D eigenvalue weighted by molar-refractivity contribution is -0.150. The highest BCUT2D eigenvalue weighted by Crippen LogP contribution is 2.41. The van der Waals surface area contributed by atoms with Gasteiger partial charge < -0.3 is 16.2 Å². The van der Waals surface area contributed by atoms with Crippen molar-refractivity contribution < 1.29 is 32.5 Å². The largest absolute Gasteiger partial charge is 0.477 e. The molecule has 2 aliphatic rings. The molecule has 0 aliphatic carbocycles. The monoisotopic (exact) mass is 541 g/mol. The third kappa shape index (κ3) is 5.42. The van der Waals surface area contributed by atoms with Crippen LogP contribution in [-0.2, 0) is 36.8 Å². The molecule has 2 aliphatic heterocycles. The predicted octanol–water partition coefficient (Wildman–Crippen LogP) is -0.826. The quantitative estimate of drug-likeness (QED) is 0.132. The van der Waals surface area contributed by atoms with Crippen LogP contribution in [0, 0.1) is 0 Å². The Labute approximate surface area is 207 Å². The Morgan fingerprint density at radius 3 is 2.74 bits per heavy atom. The van der Waals surface area contributed by atoms with Crippen LogP contribution >= 0.6 is 23.5 Å². The molecule has 2 amide bonds. The fourth-order valence-corrected chi connectivity index (χ4v) is 6.50. The number of hydrogen-bond acceptors (Lipinski definition) is 11. The summed E-state index contributed by atoms with van der Waals surface area (Å²) in [6.07, 6.45) is -0.0182. The van der Waals surface area contributed by atoms with Crippen LogP contribution in [0.3, 0.4) is 0 Å². The van der Waals surface area contributed by atoms with Gasteiger partial charge in [-0.2, -0.15) is 8.42 Å². The molecular weight excluding hydrogens is 522 g/mol. The van der Waals surface area contributed by atoms with Crippen molar-refractivity contribution in [2.75, 3.05) is 17.2 Å². The van der Waals surface area contributed by atoms with Gasteiger partial charge in [0.15, 0.2) is 5.88 Å².